The van der Waals surface area contributed by atoms with Gasteiger partial charge in [0, 0.05) is 18.2 Å². The molecule has 2 N–H and O–H groups in total. The smallest absolute Gasteiger partial charge is 0.203 e. The van der Waals surface area contributed by atoms with Crippen molar-refractivity contribution >= 4 is 0 Å². The van der Waals surface area contributed by atoms with Gasteiger partial charge in [-0.25, -0.2) is 0 Å². The second kappa shape index (κ2) is 6.35. The molecule has 18 heavy (non-hydrogen) atoms. The van der Waals surface area contributed by atoms with E-state index in [0.29, 0.717) is 23.0 Å². The van der Waals surface area contributed by atoms with Gasteiger partial charge in [0.1, 0.15) is 11.9 Å². The first-order valence-electron chi connectivity index (χ1n) is 5.75. The summed E-state index contributed by atoms with van der Waals surface area (Å²) in [5.41, 5.74) is 5.77. The van der Waals surface area contributed by atoms with E-state index >= 15 is 0 Å². The van der Waals surface area contributed by atoms with Gasteiger partial charge in [0.15, 0.2) is 11.5 Å². The molecular weight excluding hydrogens is 234 g/mol. The molecule has 0 saturated carbocycles. The highest BCUT2D eigenvalue weighted by Gasteiger charge is 2.16. The lowest BCUT2D eigenvalue weighted by atomic mass is 10.2. The lowest BCUT2D eigenvalue weighted by Crippen LogP contribution is -2.33. The number of ether oxygens (including phenoxy) is 4. The van der Waals surface area contributed by atoms with Crippen LogP contribution in [0, 0.1) is 0 Å². The van der Waals surface area contributed by atoms with Gasteiger partial charge in [0.2, 0.25) is 5.75 Å². The van der Waals surface area contributed by atoms with Gasteiger partial charge in [-0.3, -0.25) is 0 Å². The van der Waals surface area contributed by atoms with Gasteiger partial charge in [-0.1, -0.05) is 0 Å². The minimum Gasteiger partial charge on any atom is -0.493 e. The van der Waals surface area contributed by atoms with Gasteiger partial charge >= 0.3 is 0 Å². The summed E-state index contributed by atoms with van der Waals surface area (Å²) in [6.07, 6.45) is -0.104. The highest BCUT2D eigenvalue weighted by Crippen LogP contribution is 2.41. The maximum absolute atomic E-state index is 5.77. The van der Waals surface area contributed by atoms with Gasteiger partial charge in [0.25, 0.3) is 0 Å². The first-order chi connectivity index (χ1) is 8.53. The third kappa shape index (κ3) is 3.20. The van der Waals surface area contributed by atoms with Gasteiger partial charge in [-0.2, -0.15) is 0 Å². The molecule has 102 valence electrons. The Bertz CT molecular complexity index is 368. The standard InChI is InChI=1S/C13H21NO4/c1-8(14)9(2)18-10-6-11(15-3)13(17-5)12(7-10)16-4/h6-9H,14H2,1-5H3/t8-,9?/m0/s1. The molecule has 0 saturated heterocycles. The lowest BCUT2D eigenvalue weighted by Gasteiger charge is -2.20. The summed E-state index contributed by atoms with van der Waals surface area (Å²) >= 11 is 0. The molecule has 0 fully saturated rings. The molecule has 0 aromatic heterocycles. The van der Waals surface area contributed by atoms with E-state index in [9.17, 15) is 0 Å². The SMILES string of the molecule is COc1cc(OC(C)[C@H](C)N)cc(OC)c1OC. The lowest BCUT2D eigenvalue weighted by molar-refractivity contribution is 0.194. The first kappa shape index (κ1) is 14.4. The molecule has 1 aromatic carbocycles. The van der Waals surface area contributed by atoms with E-state index in [2.05, 4.69) is 0 Å². The Balaban J connectivity index is 3.07. The molecule has 0 bridgehead atoms. The Labute approximate surface area is 108 Å². The predicted molar refractivity (Wildman–Crippen MR) is 69.8 cm³/mol. The molecule has 0 aliphatic heterocycles. The summed E-state index contributed by atoms with van der Waals surface area (Å²) < 4.78 is 21.4. The van der Waals surface area contributed by atoms with Crippen molar-refractivity contribution in [3.8, 4) is 23.0 Å². The van der Waals surface area contributed by atoms with E-state index in [-0.39, 0.29) is 12.1 Å². The van der Waals surface area contributed by atoms with Crippen LogP contribution in [0.5, 0.6) is 23.0 Å². The molecule has 0 aliphatic carbocycles. The second-order valence-corrected chi connectivity index (χ2v) is 4.04. The molecule has 0 aliphatic rings. The molecule has 0 amide bonds. The normalized spacial score (nSPS) is 13.7. The molecule has 5 nitrogen and oxygen atoms in total. The largest absolute Gasteiger partial charge is 0.493 e. The van der Waals surface area contributed by atoms with Crippen LogP contribution < -0.4 is 24.7 Å². The molecule has 0 radical (unpaired) electrons. The molecule has 1 rings (SSSR count). The van der Waals surface area contributed by atoms with Crippen LogP contribution in [0.15, 0.2) is 12.1 Å². The quantitative estimate of drug-likeness (QED) is 0.840. The van der Waals surface area contributed by atoms with Crippen LogP contribution >= 0.6 is 0 Å². The van der Waals surface area contributed by atoms with E-state index in [0.717, 1.165) is 0 Å². The van der Waals surface area contributed by atoms with Crippen LogP contribution in [0.3, 0.4) is 0 Å². The Morgan fingerprint density at radius 3 is 1.78 bits per heavy atom. The molecule has 2 atom stereocenters. The molecular formula is C13H21NO4. The fourth-order valence-electron chi connectivity index (χ4n) is 1.45. The van der Waals surface area contributed by atoms with Crippen molar-refractivity contribution in [2.45, 2.75) is 26.0 Å². The maximum Gasteiger partial charge on any atom is 0.203 e. The van der Waals surface area contributed by atoms with Gasteiger partial charge < -0.3 is 24.7 Å². The van der Waals surface area contributed by atoms with Crippen molar-refractivity contribution < 1.29 is 18.9 Å². The molecule has 5 heteroatoms. The van der Waals surface area contributed by atoms with Crippen LogP contribution in [0.4, 0.5) is 0 Å². The Morgan fingerprint density at radius 2 is 1.44 bits per heavy atom. The number of benzene rings is 1. The summed E-state index contributed by atoms with van der Waals surface area (Å²) in [6.45, 7) is 3.80. The Kier molecular flexibility index (Phi) is 5.09. The fourth-order valence-corrected chi connectivity index (χ4v) is 1.45. The zero-order valence-corrected chi connectivity index (χ0v) is 11.5. The summed E-state index contributed by atoms with van der Waals surface area (Å²) in [4.78, 5) is 0. The summed E-state index contributed by atoms with van der Waals surface area (Å²) in [7, 11) is 4.69. The highest BCUT2D eigenvalue weighted by atomic mass is 16.5. The Hall–Kier alpha value is -1.62. The van der Waals surface area contributed by atoms with Crippen LogP contribution in [0.1, 0.15) is 13.8 Å². The first-order valence-corrected chi connectivity index (χ1v) is 5.75. The van der Waals surface area contributed by atoms with Crippen molar-refractivity contribution in [2.24, 2.45) is 5.73 Å². The fraction of sp³-hybridized carbons (Fsp3) is 0.538. The predicted octanol–water partition coefficient (Wildman–Crippen LogP) is 1.83. The Morgan fingerprint density at radius 1 is 0.944 bits per heavy atom. The molecule has 0 heterocycles. The third-order valence-electron chi connectivity index (χ3n) is 2.70. The summed E-state index contributed by atoms with van der Waals surface area (Å²) in [5.74, 6) is 2.29. The van der Waals surface area contributed by atoms with Crippen molar-refractivity contribution in [1.29, 1.82) is 0 Å². The zero-order valence-electron chi connectivity index (χ0n) is 11.5. The van der Waals surface area contributed by atoms with Crippen LogP contribution in [0.2, 0.25) is 0 Å². The van der Waals surface area contributed by atoms with E-state index in [1.54, 1.807) is 33.5 Å². The third-order valence-corrected chi connectivity index (χ3v) is 2.70. The number of rotatable bonds is 6. The molecule has 1 aromatic rings. The summed E-state index contributed by atoms with van der Waals surface area (Å²) in [6, 6.07) is 3.43. The van der Waals surface area contributed by atoms with E-state index < -0.39 is 0 Å². The number of nitrogens with two attached hydrogens (primary N) is 1. The van der Waals surface area contributed by atoms with E-state index in [1.807, 2.05) is 13.8 Å². The van der Waals surface area contributed by atoms with Gasteiger partial charge in [0.05, 0.1) is 21.3 Å². The highest BCUT2D eigenvalue weighted by molar-refractivity contribution is 5.55. The van der Waals surface area contributed by atoms with Crippen LogP contribution in [0.25, 0.3) is 0 Å². The number of hydrogen-bond acceptors (Lipinski definition) is 5. The zero-order chi connectivity index (χ0) is 13.7. The minimum absolute atomic E-state index is 0.0657. The van der Waals surface area contributed by atoms with Gasteiger partial charge in [-0.15, -0.1) is 0 Å². The van der Waals surface area contributed by atoms with E-state index in [4.69, 9.17) is 24.7 Å². The van der Waals surface area contributed by atoms with Crippen molar-refractivity contribution in [1.82, 2.24) is 0 Å². The average molecular weight is 255 g/mol. The van der Waals surface area contributed by atoms with Crippen molar-refractivity contribution in [2.75, 3.05) is 21.3 Å². The van der Waals surface area contributed by atoms with Crippen LogP contribution in [-0.2, 0) is 0 Å². The van der Waals surface area contributed by atoms with Crippen LogP contribution in [-0.4, -0.2) is 33.5 Å². The topological polar surface area (TPSA) is 62.9 Å². The van der Waals surface area contributed by atoms with E-state index in [1.165, 1.54) is 0 Å². The monoisotopic (exact) mass is 255 g/mol. The second-order valence-electron chi connectivity index (χ2n) is 4.04. The van der Waals surface area contributed by atoms with Crippen molar-refractivity contribution in [3.63, 3.8) is 0 Å². The minimum atomic E-state index is -0.104. The number of hydrogen-bond donors (Lipinski definition) is 1. The number of methoxy groups -OCH3 is 3. The average Bonchev–Trinajstić information content (AvgIpc) is 2.37. The maximum atomic E-state index is 5.77. The summed E-state index contributed by atoms with van der Waals surface area (Å²) in [5, 5.41) is 0. The van der Waals surface area contributed by atoms with Gasteiger partial charge in [-0.05, 0) is 13.8 Å². The van der Waals surface area contributed by atoms with Crippen molar-refractivity contribution in [3.05, 3.63) is 12.1 Å². The molecule has 1 unspecified atom stereocenters. The molecule has 0 spiro atoms.